The molecule has 0 aromatic heterocycles. The van der Waals surface area contributed by atoms with E-state index in [1.807, 2.05) is 64.1 Å². The van der Waals surface area contributed by atoms with E-state index in [-0.39, 0.29) is 76.0 Å². The van der Waals surface area contributed by atoms with Gasteiger partial charge in [0.2, 0.25) is 5.82 Å². The average Bonchev–Trinajstić information content (AvgIpc) is 1.63. The van der Waals surface area contributed by atoms with Crippen molar-refractivity contribution in [2.75, 3.05) is 85.0 Å². The third-order valence-electron chi connectivity index (χ3n) is 16.8. The van der Waals surface area contributed by atoms with Gasteiger partial charge in [-0.25, -0.2) is 0 Å². The van der Waals surface area contributed by atoms with Crippen molar-refractivity contribution in [3.8, 4) is 40.2 Å². The number of para-hydroxylation sites is 4. The van der Waals surface area contributed by atoms with E-state index in [4.69, 9.17) is 139 Å². The van der Waals surface area contributed by atoms with E-state index in [1.165, 1.54) is 36.4 Å². The number of nitro groups is 2. The van der Waals surface area contributed by atoms with Gasteiger partial charge in [-0.3, -0.25) is 29.8 Å². The van der Waals surface area contributed by atoms with Gasteiger partial charge in [-0.2, -0.15) is 4.39 Å². The van der Waals surface area contributed by atoms with E-state index < -0.39 is 39.9 Å². The highest BCUT2D eigenvalue weighted by atomic mass is 79.9. The summed E-state index contributed by atoms with van der Waals surface area (Å²) in [5.74, 6) is 2.08. The van der Waals surface area contributed by atoms with Crippen LogP contribution in [0.2, 0.25) is 35.2 Å². The normalized spacial score (nSPS) is 16.2. The number of carbonyl (C=O) groups excluding carboxylic acids is 2. The van der Waals surface area contributed by atoms with Crippen molar-refractivity contribution in [3.05, 3.63) is 198 Å². The highest BCUT2D eigenvalue weighted by Gasteiger charge is 2.53. The Labute approximate surface area is 667 Å². The maximum Gasteiger partial charge on any atom is 0.496 e. The molecule has 37 heteroatoms. The molecule has 7 aliphatic rings. The zero-order valence-corrected chi connectivity index (χ0v) is 66.7. The fourth-order valence-electron chi connectivity index (χ4n) is 9.81. The van der Waals surface area contributed by atoms with Gasteiger partial charge in [-0.05, 0) is 184 Å². The quantitative estimate of drug-likeness (QED) is 0.0267. The lowest BCUT2D eigenvalue weighted by atomic mass is 9.78. The first kappa shape index (κ1) is 84.8. The number of phenolic OH excluding ortho intramolecular Hbond substituents is 2. The van der Waals surface area contributed by atoms with Crippen molar-refractivity contribution in [1.29, 1.82) is 0 Å². The number of rotatable bonds is 4. The highest BCUT2D eigenvalue weighted by molar-refractivity contribution is 9.11. The molecule has 15 rings (SSSR count). The highest BCUT2D eigenvalue weighted by Crippen LogP contribution is 2.44. The summed E-state index contributed by atoms with van der Waals surface area (Å²) in [6, 6.07) is 34.7. The zero-order chi connectivity index (χ0) is 78.5. The molecule has 0 aliphatic carbocycles. The standard InChI is InChI=1S/C14H19BClNO3.C14H20BNO3.C8H5BrClNO2.C8H7BrClNO.C8H6ClNO2.C6H3ClFNO2.C6H4ClNO3.C6H6ClNO/c1-13(2)14(3,4)20-15(19-13)9-5-6-10-12(11(9)16)17-7-8-18-10;1-13(2)14(3,4)19-15(18-13)10-5-6-12-11(9-10)16-7-8-17-12;9-4-1-2-5-8(7(4)10)11-6(12)3-13-5;9-5-1-2-6-8(7(5)10)11-3-4-12-6;9-5-2-1-3-6-8(5)10-7(11)4-12-6;7-4-2-1-3-5(8)6(4)9(10)11;7-4-2-1-3-5(9)6(4)8(10)11;7-4-2-1-3-5(9)6(4)8/h5-6,17H,7-8H2,1-4H3;5-6,9,16H,7-8H2,1-4H3;1-2H,3H2,(H,11,12);1-2,11H,3-4H2;1-3H,4H2,(H,10,11);1-3H;1-3,9H;1-3,9H,8H2. The molecule has 9 N–H and O–H groups in total. The summed E-state index contributed by atoms with van der Waals surface area (Å²) >= 11 is 47.2. The number of aromatic hydroxyl groups is 2. The van der Waals surface area contributed by atoms with E-state index in [1.54, 1.807) is 42.5 Å². The number of nitrogens with two attached hydrogens (primary N) is 1. The third kappa shape index (κ3) is 21.6. The van der Waals surface area contributed by atoms with Crippen molar-refractivity contribution in [1.82, 2.24) is 0 Å². The molecule has 0 saturated carbocycles. The molecule has 2 amide bonds. The van der Waals surface area contributed by atoms with Crippen LogP contribution in [-0.4, -0.2) is 121 Å². The zero-order valence-electron chi connectivity index (χ0n) is 58.2. The van der Waals surface area contributed by atoms with Crippen molar-refractivity contribution >= 4 is 196 Å². The Kier molecular flexibility index (Phi) is 29.4. The van der Waals surface area contributed by atoms with Crippen LogP contribution in [0.5, 0.6) is 40.2 Å². The van der Waals surface area contributed by atoms with Crippen molar-refractivity contribution in [2.24, 2.45) is 0 Å². The average molecular weight is 1740 g/mol. The summed E-state index contributed by atoms with van der Waals surface area (Å²) in [6.45, 7) is 20.9. The smallest absolute Gasteiger partial charge is 0.496 e. The van der Waals surface area contributed by atoms with E-state index in [0.717, 1.165) is 79.9 Å². The number of nitrogens with zero attached hydrogens (tertiary/aromatic N) is 2. The van der Waals surface area contributed by atoms with Crippen LogP contribution in [0.4, 0.5) is 49.9 Å². The van der Waals surface area contributed by atoms with Crippen molar-refractivity contribution in [2.45, 2.75) is 77.8 Å². The number of halogens is 10. The predicted octanol–water partition coefficient (Wildman–Crippen LogP) is 17.2. The van der Waals surface area contributed by atoms with Gasteiger partial charge >= 0.3 is 25.6 Å². The molecule has 0 atom stereocenters. The second-order valence-corrected chi connectivity index (χ2v) is 29.7. The summed E-state index contributed by atoms with van der Waals surface area (Å²) in [7, 11) is -0.777. The van der Waals surface area contributed by atoms with Gasteiger partial charge in [-0.15, -0.1) is 0 Å². The van der Waals surface area contributed by atoms with Gasteiger partial charge in [0.15, 0.2) is 19.0 Å². The monoisotopic (exact) mass is 1740 g/mol. The minimum Gasteiger partial charge on any atom is -0.506 e. The van der Waals surface area contributed by atoms with Gasteiger partial charge in [-0.1, -0.05) is 118 Å². The number of hydrogen-bond acceptors (Lipinski definition) is 21. The van der Waals surface area contributed by atoms with E-state index in [2.05, 4.69) is 92.2 Å². The summed E-state index contributed by atoms with van der Waals surface area (Å²) < 4.78 is 65.2. The Bertz CT molecular complexity index is 4450. The molecule has 25 nitrogen and oxygen atoms in total. The van der Waals surface area contributed by atoms with Crippen LogP contribution in [0, 0.1) is 26.0 Å². The molecule has 0 spiro atoms. The van der Waals surface area contributed by atoms with Crippen LogP contribution in [0.15, 0.2) is 136 Å². The lowest BCUT2D eigenvalue weighted by Crippen LogP contribution is -2.41. The number of amides is 2. The third-order valence-corrected chi connectivity index (χ3v) is 21.0. The van der Waals surface area contributed by atoms with Crippen LogP contribution in [0.25, 0.3) is 0 Å². The van der Waals surface area contributed by atoms with Crippen LogP contribution in [-0.2, 0) is 28.2 Å². The van der Waals surface area contributed by atoms with Gasteiger partial charge < -0.3 is 84.8 Å². The summed E-state index contributed by atoms with van der Waals surface area (Å²) in [5, 5.41) is 55.6. The minimum absolute atomic E-state index is 0.0301. The first-order chi connectivity index (χ1) is 50.4. The molecule has 7 heterocycles. The van der Waals surface area contributed by atoms with Gasteiger partial charge in [0.1, 0.15) is 75.7 Å². The number of phenols is 2. The van der Waals surface area contributed by atoms with Crippen LogP contribution >= 0.6 is 113 Å². The SMILES string of the molecule is CC1(C)OB(c2ccc3c(c2)NCCO3)OC1(C)C.CC1(C)OB(c2ccc3c(c2Cl)NCCO3)OC1(C)C.Clc1c(Br)ccc2c1NCCO2.Nc1c(O)cccc1Cl.O=C1COc2ccc(Br)c(Cl)c2N1.O=C1COc2cccc(Cl)c2N1.O=[N+]([O-])c1c(F)cccc1Cl.O=[N+]([O-])c1c(O)cccc1Cl. The fraction of sp³-hybridized carbons (Fsp3) is 0.286. The van der Waals surface area contributed by atoms with Crippen molar-refractivity contribution in [3.63, 3.8) is 0 Å². The number of fused-ring (bicyclic) bond motifs is 5. The van der Waals surface area contributed by atoms with Crippen LogP contribution in [0.3, 0.4) is 0 Å². The first-order valence-corrected chi connectivity index (χ1v) is 36.5. The number of anilines is 6. The largest absolute Gasteiger partial charge is 0.506 e. The lowest BCUT2D eigenvalue weighted by Gasteiger charge is -2.32. The Balaban J connectivity index is 0.000000156. The molecule has 107 heavy (non-hydrogen) atoms. The summed E-state index contributed by atoms with van der Waals surface area (Å²) in [5.41, 5.74) is 8.73. The number of benzene rings is 8. The number of nitrogen functional groups attached to an aromatic ring is 1. The van der Waals surface area contributed by atoms with Crippen LogP contribution in [0.1, 0.15) is 55.4 Å². The Morgan fingerprint density at radius 1 is 0.477 bits per heavy atom. The molecule has 568 valence electrons. The number of nitrogens with one attached hydrogen (secondary N) is 5. The number of carbonyl (C=O) groups is 2. The maximum absolute atomic E-state index is 12.6. The first-order valence-electron chi connectivity index (χ1n) is 32.2. The number of ether oxygens (including phenoxy) is 5. The number of nitro benzene ring substituents is 2. The molecule has 8 aromatic rings. The fourth-order valence-corrected chi connectivity index (χ4v) is 12.1. The Morgan fingerprint density at radius 2 is 0.888 bits per heavy atom. The van der Waals surface area contributed by atoms with Gasteiger partial charge in [0.25, 0.3) is 11.8 Å². The van der Waals surface area contributed by atoms with Gasteiger partial charge in [0, 0.05) is 34.0 Å². The maximum atomic E-state index is 12.6. The van der Waals surface area contributed by atoms with Crippen molar-refractivity contribution < 1.29 is 76.3 Å². The number of hydrogen-bond donors (Lipinski definition) is 8. The lowest BCUT2D eigenvalue weighted by molar-refractivity contribution is -0.387. The van der Waals surface area contributed by atoms with E-state index in [9.17, 15) is 34.2 Å². The molecular formula is C70H70B2Br2Cl7FN8O17. The molecule has 0 unspecified atom stereocenters. The molecule has 2 saturated heterocycles. The minimum atomic E-state index is -0.914. The topological polar surface area (TPSA) is 330 Å². The second-order valence-electron chi connectivity index (χ2n) is 25.2. The van der Waals surface area contributed by atoms with Crippen LogP contribution < -0.4 is 66.9 Å². The van der Waals surface area contributed by atoms with E-state index >= 15 is 0 Å². The second kappa shape index (κ2) is 37.1. The molecule has 0 radical (unpaired) electrons. The Morgan fingerprint density at radius 3 is 1.38 bits per heavy atom. The predicted molar refractivity (Wildman–Crippen MR) is 425 cm³/mol. The van der Waals surface area contributed by atoms with Gasteiger partial charge in [0.05, 0.1) is 80.1 Å². The molecular weight excluding hydrogens is 1670 g/mol. The molecule has 8 aromatic carbocycles. The van der Waals surface area contributed by atoms with E-state index in [0.29, 0.717) is 67.8 Å². The Hall–Kier alpha value is -7.81. The summed E-state index contributed by atoms with van der Waals surface area (Å²) in [6.07, 6.45) is 0. The molecule has 7 aliphatic heterocycles. The molecule has 2 fully saturated rings. The summed E-state index contributed by atoms with van der Waals surface area (Å²) in [4.78, 5) is 40.6. The molecule has 0 bridgehead atoms.